The van der Waals surface area contributed by atoms with Crippen molar-refractivity contribution in [1.82, 2.24) is 4.98 Å². The van der Waals surface area contributed by atoms with Gasteiger partial charge in [0.15, 0.2) is 0 Å². The van der Waals surface area contributed by atoms with Crippen molar-refractivity contribution in [2.45, 2.75) is 6.54 Å². The molecule has 2 aromatic rings. The predicted molar refractivity (Wildman–Crippen MR) is 80.9 cm³/mol. The van der Waals surface area contributed by atoms with E-state index < -0.39 is 4.92 Å². The number of carbonyl (C=O) groups is 1. The molecule has 0 saturated heterocycles. The second-order valence-corrected chi connectivity index (χ2v) is 4.97. The Balaban J connectivity index is 2.21. The Morgan fingerprint density at radius 2 is 2.14 bits per heavy atom. The van der Waals surface area contributed by atoms with Gasteiger partial charge in [0.25, 0.3) is 11.6 Å². The van der Waals surface area contributed by atoms with Crippen LogP contribution in [0, 0.1) is 10.1 Å². The van der Waals surface area contributed by atoms with E-state index in [2.05, 4.69) is 26.2 Å². The van der Waals surface area contributed by atoms with Crippen LogP contribution in [0.2, 0.25) is 0 Å². The minimum Gasteiger partial charge on any atom is -0.325 e. The molecule has 1 aromatic heterocycles. The van der Waals surface area contributed by atoms with E-state index in [0.29, 0.717) is 21.4 Å². The minimum absolute atomic E-state index is 0.0609. The first-order chi connectivity index (χ1) is 10.0. The summed E-state index contributed by atoms with van der Waals surface area (Å²) in [5.74, 6) is -0.346. The molecular formula is C13H11BrN4O3. The first-order valence-corrected chi connectivity index (χ1v) is 6.71. The molecule has 0 saturated carbocycles. The van der Waals surface area contributed by atoms with Crippen LogP contribution in [-0.4, -0.2) is 15.8 Å². The van der Waals surface area contributed by atoms with E-state index in [1.54, 1.807) is 12.1 Å². The van der Waals surface area contributed by atoms with Crippen LogP contribution in [0.4, 0.5) is 11.4 Å². The quantitative estimate of drug-likeness (QED) is 0.649. The number of nitrogens with zero attached hydrogens (tertiary/aromatic N) is 2. The Morgan fingerprint density at radius 1 is 1.38 bits per heavy atom. The SMILES string of the molecule is NCc1cc(C(=O)Nc2ccc([N+](=O)[O-])cc2Br)ccn1. The maximum absolute atomic E-state index is 12.1. The summed E-state index contributed by atoms with van der Waals surface area (Å²) in [5, 5.41) is 13.3. The fourth-order valence-corrected chi connectivity index (χ4v) is 2.11. The van der Waals surface area contributed by atoms with Crippen molar-refractivity contribution in [3.05, 3.63) is 62.4 Å². The van der Waals surface area contributed by atoms with Gasteiger partial charge in [0.1, 0.15) is 0 Å². The third-order valence-corrected chi connectivity index (χ3v) is 3.36. The third-order valence-electron chi connectivity index (χ3n) is 2.70. The highest BCUT2D eigenvalue weighted by atomic mass is 79.9. The summed E-state index contributed by atoms with van der Waals surface area (Å²) >= 11 is 3.19. The summed E-state index contributed by atoms with van der Waals surface area (Å²) in [6, 6.07) is 7.26. The molecule has 1 amide bonds. The van der Waals surface area contributed by atoms with Crippen molar-refractivity contribution < 1.29 is 9.72 Å². The lowest BCUT2D eigenvalue weighted by Crippen LogP contribution is -2.13. The lowest BCUT2D eigenvalue weighted by molar-refractivity contribution is -0.384. The molecule has 0 aliphatic rings. The molecule has 8 heteroatoms. The number of nitrogens with two attached hydrogens (primary N) is 1. The van der Waals surface area contributed by atoms with Crippen molar-refractivity contribution in [2.75, 3.05) is 5.32 Å². The number of pyridine rings is 1. The largest absolute Gasteiger partial charge is 0.325 e. The number of rotatable bonds is 4. The Labute approximate surface area is 128 Å². The number of hydrogen-bond donors (Lipinski definition) is 2. The number of non-ortho nitro benzene ring substituents is 1. The zero-order valence-corrected chi connectivity index (χ0v) is 12.3. The van der Waals surface area contributed by atoms with Crippen LogP contribution in [-0.2, 0) is 6.54 Å². The number of nitro benzene ring substituents is 1. The summed E-state index contributed by atoms with van der Waals surface area (Å²) in [5.41, 5.74) is 6.87. The van der Waals surface area contributed by atoms with Gasteiger partial charge in [-0.15, -0.1) is 0 Å². The summed E-state index contributed by atoms with van der Waals surface area (Å²) in [7, 11) is 0. The molecule has 108 valence electrons. The standard InChI is InChI=1S/C13H11BrN4O3/c14-11-6-10(18(20)21)1-2-12(11)17-13(19)8-3-4-16-9(5-8)7-15/h1-6H,7,15H2,(H,17,19). The number of halogens is 1. The van der Waals surface area contributed by atoms with Gasteiger partial charge in [-0.25, -0.2) is 0 Å². The maximum atomic E-state index is 12.1. The van der Waals surface area contributed by atoms with E-state index in [4.69, 9.17) is 5.73 Å². The number of benzene rings is 1. The van der Waals surface area contributed by atoms with Crippen LogP contribution < -0.4 is 11.1 Å². The average Bonchev–Trinajstić information content (AvgIpc) is 2.49. The highest BCUT2D eigenvalue weighted by molar-refractivity contribution is 9.10. The van der Waals surface area contributed by atoms with E-state index in [-0.39, 0.29) is 18.1 Å². The first kappa shape index (κ1) is 15.1. The Kier molecular flexibility index (Phi) is 4.61. The number of aromatic nitrogens is 1. The Morgan fingerprint density at radius 3 is 2.76 bits per heavy atom. The lowest BCUT2D eigenvalue weighted by atomic mass is 10.2. The van der Waals surface area contributed by atoms with Gasteiger partial charge >= 0.3 is 0 Å². The maximum Gasteiger partial charge on any atom is 0.270 e. The molecule has 21 heavy (non-hydrogen) atoms. The molecule has 0 atom stereocenters. The topological polar surface area (TPSA) is 111 Å². The normalized spacial score (nSPS) is 10.2. The van der Waals surface area contributed by atoms with Crippen LogP contribution in [0.1, 0.15) is 16.1 Å². The number of amides is 1. The monoisotopic (exact) mass is 350 g/mol. The molecular weight excluding hydrogens is 340 g/mol. The number of anilines is 1. The van der Waals surface area contributed by atoms with Crippen molar-refractivity contribution in [3.8, 4) is 0 Å². The van der Waals surface area contributed by atoms with Crippen LogP contribution in [0.3, 0.4) is 0 Å². The highest BCUT2D eigenvalue weighted by Crippen LogP contribution is 2.27. The number of nitro groups is 1. The van der Waals surface area contributed by atoms with Crippen molar-refractivity contribution in [2.24, 2.45) is 5.73 Å². The van der Waals surface area contributed by atoms with Gasteiger partial charge in [-0.3, -0.25) is 19.9 Å². The fourth-order valence-electron chi connectivity index (χ4n) is 1.64. The van der Waals surface area contributed by atoms with Crippen LogP contribution in [0.25, 0.3) is 0 Å². The number of hydrogen-bond acceptors (Lipinski definition) is 5. The smallest absolute Gasteiger partial charge is 0.270 e. The Bertz CT molecular complexity index is 706. The molecule has 7 nitrogen and oxygen atoms in total. The molecule has 0 fully saturated rings. The molecule has 3 N–H and O–H groups in total. The van der Waals surface area contributed by atoms with E-state index >= 15 is 0 Å². The van der Waals surface area contributed by atoms with Gasteiger partial charge in [0, 0.05) is 34.9 Å². The van der Waals surface area contributed by atoms with E-state index in [0.717, 1.165) is 0 Å². The first-order valence-electron chi connectivity index (χ1n) is 5.91. The van der Waals surface area contributed by atoms with Crippen molar-refractivity contribution >= 4 is 33.2 Å². The van der Waals surface area contributed by atoms with Crippen molar-refractivity contribution in [3.63, 3.8) is 0 Å². The highest BCUT2D eigenvalue weighted by Gasteiger charge is 2.12. The van der Waals surface area contributed by atoms with E-state index in [1.165, 1.54) is 24.4 Å². The average molecular weight is 351 g/mol. The summed E-state index contributed by atoms with van der Waals surface area (Å²) in [4.78, 5) is 26.3. The van der Waals surface area contributed by atoms with E-state index in [1.807, 2.05) is 0 Å². The van der Waals surface area contributed by atoms with E-state index in [9.17, 15) is 14.9 Å². The van der Waals surface area contributed by atoms with Crippen LogP contribution in [0.5, 0.6) is 0 Å². The molecule has 0 unspecified atom stereocenters. The molecule has 0 aliphatic heterocycles. The summed E-state index contributed by atoms with van der Waals surface area (Å²) in [6.07, 6.45) is 1.50. The van der Waals surface area contributed by atoms with Crippen molar-refractivity contribution in [1.29, 1.82) is 0 Å². The molecule has 0 radical (unpaired) electrons. The van der Waals surface area contributed by atoms with Crippen LogP contribution >= 0.6 is 15.9 Å². The van der Waals surface area contributed by atoms with Gasteiger partial charge in [-0.1, -0.05) is 0 Å². The summed E-state index contributed by atoms with van der Waals surface area (Å²) < 4.78 is 0.429. The van der Waals surface area contributed by atoms with Gasteiger partial charge in [-0.2, -0.15) is 0 Å². The molecule has 1 aromatic carbocycles. The zero-order chi connectivity index (χ0) is 15.4. The van der Waals surface area contributed by atoms with Gasteiger partial charge < -0.3 is 11.1 Å². The lowest BCUT2D eigenvalue weighted by Gasteiger charge is -2.08. The predicted octanol–water partition coefficient (Wildman–Crippen LogP) is 2.46. The second kappa shape index (κ2) is 6.42. The van der Waals surface area contributed by atoms with Gasteiger partial charge in [0.2, 0.25) is 0 Å². The van der Waals surface area contributed by atoms with Crippen LogP contribution in [0.15, 0.2) is 41.0 Å². The number of nitrogens with one attached hydrogen (secondary N) is 1. The molecule has 0 spiro atoms. The number of carbonyl (C=O) groups excluding carboxylic acids is 1. The molecule has 0 aliphatic carbocycles. The zero-order valence-electron chi connectivity index (χ0n) is 10.7. The minimum atomic E-state index is -0.507. The Hall–Kier alpha value is -2.32. The molecule has 2 rings (SSSR count). The summed E-state index contributed by atoms with van der Waals surface area (Å²) in [6.45, 7) is 0.238. The van der Waals surface area contributed by atoms with Gasteiger partial charge in [0.05, 0.1) is 16.3 Å². The second-order valence-electron chi connectivity index (χ2n) is 4.12. The molecule has 1 heterocycles. The van der Waals surface area contributed by atoms with Gasteiger partial charge in [-0.05, 0) is 34.1 Å². The molecule has 0 bridgehead atoms. The third kappa shape index (κ3) is 3.61. The fraction of sp³-hybridized carbons (Fsp3) is 0.0769.